The number of carbonyl (C=O) groups is 2. The molecule has 3 amide bonds. The predicted octanol–water partition coefficient (Wildman–Crippen LogP) is 1.19. The Morgan fingerprint density at radius 3 is 2.38 bits per heavy atom. The largest absolute Gasteiger partial charge is 0.399 e. The van der Waals surface area contributed by atoms with Crippen LogP contribution in [-0.4, -0.2) is 24.5 Å². The average Bonchev–Trinajstić information content (AvgIpc) is 2.40. The third-order valence-electron chi connectivity index (χ3n) is 2.90. The van der Waals surface area contributed by atoms with Gasteiger partial charge in [0.15, 0.2) is 0 Å². The van der Waals surface area contributed by atoms with Crippen LogP contribution in [0, 0.1) is 0 Å². The number of carbonyl (C=O) groups excluding carboxylic acids is 2. The van der Waals surface area contributed by atoms with E-state index in [2.05, 4.69) is 10.6 Å². The van der Waals surface area contributed by atoms with Crippen molar-refractivity contribution in [2.45, 2.75) is 32.2 Å². The molecule has 1 aromatic carbocycles. The molecule has 0 spiro atoms. The molecule has 0 heterocycles. The topological polar surface area (TPSA) is 110 Å². The number of anilines is 1. The van der Waals surface area contributed by atoms with Crippen LogP contribution in [0.25, 0.3) is 0 Å². The number of hydrogen-bond acceptors (Lipinski definition) is 3. The number of rotatable bonds is 7. The zero-order valence-electron chi connectivity index (χ0n) is 12.1. The van der Waals surface area contributed by atoms with Gasteiger partial charge in [-0.15, -0.1) is 12.4 Å². The van der Waals surface area contributed by atoms with Gasteiger partial charge in [-0.3, -0.25) is 4.79 Å². The number of amides is 3. The molecule has 118 valence electrons. The average molecular weight is 315 g/mol. The monoisotopic (exact) mass is 314 g/mol. The van der Waals surface area contributed by atoms with Crippen LogP contribution in [-0.2, 0) is 11.2 Å². The summed E-state index contributed by atoms with van der Waals surface area (Å²) in [4.78, 5) is 22.7. The molecule has 0 bridgehead atoms. The molecule has 6 nitrogen and oxygen atoms in total. The van der Waals surface area contributed by atoms with Gasteiger partial charge in [-0.25, -0.2) is 4.79 Å². The minimum Gasteiger partial charge on any atom is -0.399 e. The molecule has 0 aliphatic heterocycles. The Balaban J connectivity index is 0.00000400. The second-order valence-corrected chi connectivity index (χ2v) is 4.63. The maximum absolute atomic E-state index is 11.9. The number of nitrogens with two attached hydrogens (primary N) is 2. The summed E-state index contributed by atoms with van der Waals surface area (Å²) >= 11 is 0. The molecule has 6 N–H and O–H groups in total. The summed E-state index contributed by atoms with van der Waals surface area (Å²) in [6.45, 7) is 2.45. The van der Waals surface area contributed by atoms with Crippen LogP contribution in [0.5, 0.6) is 0 Å². The molecule has 1 aromatic rings. The molecular weight excluding hydrogens is 292 g/mol. The molecule has 0 fully saturated rings. The number of halogens is 1. The van der Waals surface area contributed by atoms with Crippen molar-refractivity contribution >= 4 is 30.0 Å². The van der Waals surface area contributed by atoms with E-state index in [1.165, 1.54) is 0 Å². The summed E-state index contributed by atoms with van der Waals surface area (Å²) in [7, 11) is 0. The summed E-state index contributed by atoms with van der Waals surface area (Å²) in [5, 5.41) is 5.24. The number of nitrogens with one attached hydrogen (secondary N) is 2. The number of benzene rings is 1. The second kappa shape index (κ2) is 9.88. The van der Waals surface area contributed by atoms with E-state index in [0.29, 0.717) is 25.1 Å². The number of urea groups is 1. The van der Waals surface area contributed by atoms with Gasteiger partial charge in [0, 0.05) is 12.2 Å². The van der Waals surface area contributed by atoms with Crippen molar-refractivity contribution in [3.63, 3.8) is 0 Å². The predicted molar refractivity (Wildman–Crippen MR) is 86.2 cm³/mol. The first-order valence-electron chi connectivity index (χ1n) is 6.71. The summed E-state index contributed by atoms with van der Waals surface area (Å²) in [5.41, 5.74) is 12.5. The lowest BCUT2D eigenvalue weighted by Gasteiger charge is -2.16. The number of primary amides is 1. The lowest BCUT2D eigenvalue weighted by molar-refractivity contribution is -0.123. The van der Waals surface area contributed by atoms with Crippen LogP contribution in [0.1, 0.15) is 25.3 Å². The first-order valence-corrected chi connectivity index (χ1v) is 6.71. The lowest BCUT2D eigenvalue weighted by Crippen LogP contribution is -2.48. The van der Waals surface area contributed by atoms with Crippen molar-refractivity contribution in [3.05, 3.63) is 29.8 Å². The standard InChI is InChI=1S/C14H22N4O2.ClH/c1-2-3-12(18-14(16)20)13(19)17-9-8-10-4-6-11(15)7-5-10;/h4-7,12H,2-3,8-9,15H2,1H3,(H,17,19)(H3,16,18,20);1H/t12-;/m1./s1. The Bertz CT molecular complexity index is 451. The fourth-order valence-electron chi connectivity index (χ4n) is 1.87. The van der Waals surface area contributed by atoms with Crippen LogP contribution in [0.2, 0.25) is 0 Å². The van der Waals surface area contributed by atoms with Gasteiger partial charge < -0.3 is 22.1 Å². The fourth-order valence-corrected chi connectivity index (χ4v) is 1.87. The first-order chi connectivity index (χ1) is 9.52. The molecule has 0 saturated carbocycles. The van der Waals surface area contributed by atoms with Crippen molar-refractivity contribution < 1.29 is 9.59 Å². The fraction of sp³-hybridized carbons (Fsp3) is 0.429. The Morgan fingerprint density at radius 2 is 1.86 bits per heavy atom. The Labute approximate surface area is 131 Å². The highest BCUT2D eigenvalue weighted by Crippen LogP contribution is 2.05. The Kier molecular flexibility index (Phi) is 8.96. The van der Waals surface area contributed by atoms with Gasteiger partial charge >= 0.3 is 6.03 Å². The van der Waals surface area contributed by atoms with Gasteiger partial charge in [-0.1, -0.05) is 25.5 Å². The third kappa shape index (κ3) is 7.41. The van der Waals surface area contributed by atoms with Crippen molar-refractivity contribution in [1.82, 2.24) is 10.6 Å². The van der Waals surface area contributed by atoms with Gasteiger partial charge in [0.2, 0.25) is 5.91 Å². The van der Waals surface area contributed by atoms with E-state index in [-0.39, 0.29) is 18.3 Å². The smallest absolute Gasteiger partial charge is 0.312 e. The molecule has 0 unspecified atom stereocenters. The van der Waals surface area contributed by atoms with E-state index in [4.69, 9.17) is 11.5 Å². The highest BCUT2D eigenvalue weighted by molar-refractivity contribution is 5.86. The first kappa shape index (κ1) is 19.1. The SMILES string of the molecule is CCC[C@@H](NC(N)=O)C(=O)NCCc1ccc(N)cc1.Cl. The lowest BCUT2D eigenvalue weighted by atomic mass is 10.1. The van der Waals surface area contributed by atoms with Gasteiger partial charge in [-0.2, -0.15) is 0 Å². The van der Waals surface area contributed by atoms with Crippen LogP contribution >= 0.6 is 12.4 Å². The van der Waals surface area contributed by atoms with Crippen molar-refractivity contribution in [3.8, 4) is 0 Å². The van der Waals surface area contributed by atoms with Crippen molar-refractivity contribution in [2.24, 2.45) is 5.73 Å². The van der Waals surface area contributed by atoms with Crippen LogP contribution in [0.4, 0.5) is 10.5 Å². The highest BCUT2D eigenvalue weighted by Gasteiger charge is 2.17. The molecule has 0 aliphatic carbocycles. The van der Waals surface area contributed by atoms with E-state index < -0.39 is 12.1 Å². The molecule has 0 aliphatic rings. The molecule has 0 aromatic heterocycles. The zero-order chi connectivity index (χ0) is 15.0. The molecular formula is C14H23ClN4O2. The summed E-state index contributed by atoms with van der Waals surface area (Å²) in [6.07, 6.45) is 2.06. The van der Waals surface area contributed by atoms with Gasteiger partial charge in [0.25, 0.3) is 0 Å². The van der Waals surface area contributed by atoms with E-state index in [1.807, 2.05) is 31.2 Å². The van der Waals surface area contributed by atoms with E-state index in [9.17, 15) is 9.59 Å². The molecule has 0 radical (unpaired) electrons. The van der Waals surface area contributed by atoms with Gasteiger partial charge in [-0.05, 0) is 30.5 Å². The summed E-state index contributed by atoms with van der Waals surface area (Å²) < 4.78 is 0. The molecule has 7 heteroatoms. The van der Waals surface area contributed by atoms with Crippen LogP contribution in [0.3, 0.4) is 0 Å². The van der Waals surface area contributed by atoms with Crippen molar-refractivity contribution in [1.29, 1.82) is 0 Å². The zero-order valence-corrected chi connectivity index (χ0v) is 12.9. The van der Waals surface area contributed by atoms with Crippen molar-refractivity contribution in [2.75, 3.05) is 12.3 Å². The number of hydrogen-bond donors (Lipinski definition) is 4. The molecule has 0 saturated heterocycles. The minimum absolute atomic E-state index is 0. The Hall–Kier alpha value is -1.95. The summed E-state index contributed by atoms with van der Waals surface area (Å²) in [5.74, 6) is -0.207. The van der Waals surface area contributed by atoms with Gasteiger partial charge in [0.05, 0.1) is 0 Å². The van der Waals surface area contributed by atoms with E-state index in [1.54, 1.807) is 0 Å². The maximum Gasteiger partial charge on any atom is 0.312 e. The second-order valence-electron chi connectivity index (χ2n) is 4.63. The van der Waals surface area contributed by atoms with Crippen LogP contribution < -0.4 is 22.1 Å². The van der Waals surface area contributed by atoms with Crippen LogP contribution in [0.15, 0.2) is 24.3 Å². The number of nitrogen functional groups attached to an aromatic ring is 1. The highest BCUT2D eigenvalue weighted by atomic mass is 35.5. The minimum atomic E-state index is -0.683. The van der Waals surface area contributed by atoms with E-state index in [0.717, 1.165) is 12.0 Å². The Morgan fingerprint density at radius 1 is 1.24 bits per heavy atom. The van der Waals surface area contributed by atoms with E-state index >= 15 is 0 Å². The molecule has 21 heavy (non-hydrogen) atoms. The quantitative estimate of drug-likeness (QED) is 0.567. The summed E-state index contributed by atoms with van der Waals surface area (Å²) in [6, 6.07) is 6.25. The normalized spacial score (nSPS) is 11.1. The molecule has 1 rings (SSSR count). The maximum atomic E-state index is 11.9. The third-order valence-corrected chi connectivity index (χ3v) is 2.90. The van der Waals surface area contributed by atoms with Gasteiger partial charge in [0.1, 0.15) is 6.04 Å². The molecule has 1 atom stereocenters.